The number of hydrogen-bond donors (Lipinski definition) is 2. The molecule has 0 aromatic heterocycles. The van der Waals surface area contributed by atoms with E-state index in [0.717, 1.165) is 26.2 Å². The fourth-order valence-electron chi connectivity index (χ4n) is 1.91. The van der Waals surface area contributed by atoms with Crippen LogP contribution in [0.25, 0.3) is 0 Å². The number of nitrogens with two attached hydrogens (primary N) is 1. The SMILES string of the molecule is CC(C)C(C)N1CCNCC1CN. The fourth-order valence-corrected chi connectivity index (χ4v) is 1.91. The molecule has 1 saturated heterocycles. The lowest BCUT2D eigenvalue weighted by molar-refractivity contribution is 0.0933. The lowest BCUT2D eigenvalue weighted by Crippen LogP contribution is -2.58. The molecule has 0 aromatic carbocycles. The summed E-state index contributed by atoms with van der Waals surface area (Å²) >= 11 is 0. The van der Waals surface area contributed by atoms with Crippen LogP contribution in [0.2, 0.25) is 0 Å². The molecule has 78 valence electrons. The molecule has 0 saturated carbocycles. The molecule has 1 heterocycles. The van der Waals surface area contributed by atoms with Crippen LogP contribution >= 0.6 is 0 Å². The van der Waals surface area contributed by atoms with E-state index in [0.29, 0.717) is 18.0 Å². The summed E-state index contributed by atoms with van der Waals surface area (Å²) in [6.07, 6.45) is 0. The second kappa shape index (κ2) is 4.94. The van der Waals surface area contributed by atoms with Gasteiger partial charge in [-0.2, -0.15) is 0 Å². The third-order valence-corrected chi connectivity index (χ3v) is 3.16. The van der Waals surface area contributed by atoms with E-state index in [1.54, 1.807) is 0 Å². The van der Waals surface area contributed by atoms with Gasteiger partial charge in [0, 0.05) is 38.3 Å². The maximum absolute atomic E-state index is 5.75. The Morgan fingerprint density at radius 3 is 2.69 bits per heavy atom. The molecule has 1 aliphatic rings. The summed E-state index contributed by atoms with van der Waals surface area (Å²) in [6.45, 7) is 10.9. The van der Waals surface area contributed by atoms with Crippen molar-refractivity contribution in [2.24, 2.45) is 11.7 Å². The van der Waals surface area contributed by atoms with Gasteiger partial charge in [-0.05, 0) is 12.8 Å². The van der Waals surface area contributed by atoms with Crippen molar-refractivity contribution in [3.63, 3.8) is 0 Å². The van der Waals surface area contributed by atoms with E-state index in [1.165, 1.54) is 0 Å². The van der Waals surface area contributed by atoms with Gasteiger partial charge < -0.3 is 11.1 Å². The Bertz CT molecular complexity index is 145. The highest BCUT2D eigenvalue weighted by Crippen LogP contribution is 2.14. The van der Waals surface area contributed by atoms with Crippen LogP contribution in [0.15, 0.2) is 0 Å². The zero-order chi connectivity index (χ0) is 9.84. The first-order valence-corrected chi connectivity index (χ1v) is 5.33. The Morgan fingerprint density at radius 2 is 2.15 bits per heavy atom. The second-order valence-corrected chi connectivity index (χ2v) is 4.32. The van der Waals surface area contributed by atoms with Crippen LogP contribution in [0.5, 0.6) is 0 Å². The van der Waals surface area contributed by atoms with Crippen molar-refractivity contribution in [1.29, 1.82) is 0 Å². The van der Waals surface area contributed by atoms with Gasteiger partial charge >= 0.3 is 0 Å². The van der Waals surface area contributed by atoms with Gasteiger partial charge in [-0.15, -0.1) is 0 Å². The third kappa shape index (κ3) is 2.66. The molecule has 0 bridgehead atoms. The van der Waals surface area contributed by atoms with Crippen LogP contribution in [0.1, 0.15) is 20.8 Å². The third-order valence-electron chi connectivity index (χ3n) is 3.16. The zero-order valence-electron chi connectivity index (χ0n) is 9.09. The van der Waals surface area contributed by atoms with E-state index < -0.39 is 0 Å². The molecule has 0 amide bonds. The van der Waals surface area contributed by atoms with Crippen molar-refractivity contribution in [1.82, 2.24) is 10.2 Å². The number of nitrogens with one attached hydrogen (secondary N) is 1. The normalized spacial score (nSPS) is 27.9. The Kier molecular flexibility index (Phi) is 4.16. The molecule has 2 unspecified atom stereocenters. The van der Waals surface area contributed by atoms with E-state index in [-0.39, 0.29) is 0 Å². The summed E-state index contributed by atoms with van der Waals surface area (Å²) in [7, 11) is 0. The molecular formula is C10H23N3. The average Bonchev–Trinajstić information content (AvgIpc) is 2.16. The Balaban J connectivity index is 2.53. The van der Waals surface area contributed by atoms with Gasteiger partial charge in [0.15, 0.2) is 0 Å². The van der Waals surface area contributed by atoms with Gasteiger partial charge in [-0.1, -0.05) is 13.8 Å². The lowest BCUT2D eigenvalue weighted by atomic mass is 10.0. The summed E-state index contributed by atoms with van der Waals surface area (Å²) in [4.78, 5) is 2.54. The minimum atomic E-state index is 0.533. The number of hydrogen-bond acceptors (Lipinski definition) is 3. The van der Waals surface area contributed by atoms with Gasteiger partial charge in [-0.25, -0.2) is 0 Å². The van der Waals surface area contributed by atoms with Crippen LogP contribution < -0.4 is 11.1 Å². The summed E-state index contributed by atoms with van der Waals surface area (Å²) < 4.78 is 0. The highest BCUT2D eigenvalue weighted by atomic mass is 15.2. The smallest absolute Gasteiger partial charge is 0.0346 e. The fraction of sp³-hybridized carbons (Fsp3) is 1.00. The standard InChI is InChI=1S/C10H23N3/c1-8(2)9(3)13-5-4-12-7-10(13)6-11/h8-10,12H,4-7,11H2,1-3H3. The quantitative estimate of drug-likeness (QED) is 0.663. The topological polar surface area (TPSA) is 41.3 Å². The summed E-state index contributed by atoms with van der Waals surface area (Å²) in [6, 6.07) is 1.18. The van der Waals surface area contributed by atoms with Gasteiger partial charge in [0.1, 0.15) is 0 Å². The average molecular weight is 185 g/mol. The van der Waals surface area contributed by atoms with Crippen LogP contribution in [0.3, 0.4) is 0 Å². The minimum absolute atomic E-state index is 0.533. The summed E-state index contributed by atoms with van der Waals surface area (Å²) in [5, 5.41) is 3.39. The molecular weight excluding hydrogens is 162 g/mol. The van der Waals surface area contributed by atoms with Gasteiger partial charge in [-0.3, -0.25) is 4.90 Å². The molecule has 0 aliphatic carbocycles. The van der Waals surface area contributed by atoms with E-state index in [2.05, 4.69) is 31.0 Å². The number of nitrogens with zero attached hydrogens (tertiary/aromatic N) is 1. The van der Waals surface area contributed by atoms with Crippen molar-refractivity contribution >= 4 is 0 Å². The predicted molar refractivity (Wildman–Crippen MR) is 56.7 cm³/mol. The highest BCUT2D eigenvalue weighted by molar-refractivity contribution is 4.84. The monoisotopic (exact) mass is 185 g/mol. The molecule has 3 heteroatoms. The molecule has 0 aromatic rings. The Hall–Kier alpha value is -0.120. The lowest BCUT2D eigenvalue weighted by Gasteiger charge is -2.41. The molecule has 1 fully saturated rings. The van der Waals surface area contributed by atoms with Crippen LogP contribution in [-0.4, -0.2) is 43.2 Å². The summed E-state index contributed by atoms with van der Waals surface area (Å²) in [5.41, 5.74) is 5.75. The Labute approximate surface area is 81.7 Å². The zero-order valence-corrected chi connectivity index (χ0v) is 9.09. The van der Waals surface area contributed by atoms with Crippen molar-refractivity contribution < 1.29 is 0 Å². The molecule has 0 radical (unpaired) electrons. The van der Waals surface area contributed by atoms with Crippen molar-refractivity contribution in [2.45, 2.75) is 32.9 Å². The first-order chi connectivity index (χ1) is 6.16. The van der Waals surface area contributed by atoms with Crippen LogP contribution in [-0.2, 0) is 0 Å². The molecule has 3 nitrogen and oxygen atoms in total. The largest absolute Gasteiger partial charge is 0.329 e. The van der Waals surface area contributed by atoms with Gasteiger partial charge in [0.2, 0.25) is 0 Å². The second-order valence-electron chi connectivity index (χ2n) is 4.32. The van der Waals surface area contributed by atoms with E-state index >= 15 is 0 Å². The molecule has 3 N–H and O–H groups in total. The molecule has 2 atom stereocenters. The number of rotatable bonds is 3. The van der Waals surface area contributed by atoms with Crippen LogP contribution in [0, 0.1) is 5.92 Å². The van der Waals surface area contributed by atoms with Crippen molar-refractivity contribution in [2.75, 3.05) is 26.2 Å². The molecule has 0 spiro atoms. The number of piperazine rings is 1. The van der Waals surface area contributed by atoms with E-state index in [1.807, 2.05) is 0 Å². The van der Waals surface area contributed by atoms with E-state index in [9.17, 15) is 0 Å². The molecule has 1 rings (SSSR count). The van der Waals surface area contributed by atoms with E-state index in [4.69, 9.17) is 5.73 Å². The first kappa shape index (κ1) is 11.0. The van der Waals surface area contributed by atoms with Crippen LogP contribution in [0.4, 0.5) is 0 Å². The van der Waals surface area contributed by atoms with Gasteiger partial charge in [0.25, 0.3) is 0 Å². The van der Waals surface area contributed by atoms with Gasteiger partial charge in [0.05, 0.1) is 0 Å². The molecule has 1 aliphatic heterocycles. The maximum Gasteiger partial charge on any atom is 0.0346 e. The van der Waals surface area contributed by atoms with Crippen molar-refractivity contribution in [3.05, 3.63) is 0 Å². The predicted octanol–water partition coefficient (Wildman–Crippen LogP) is 0.263. The Morgan fingerprint density at radius 1 is 1.46 bits per heavy atom. The summed E-state index contributed by atoms with van der Waals surface area (Å²) in [5.74, 6) is 0.715. The first-order valence-electron chi connectivity index (χ1n) is 5.33. The minimum Gasteiger partial charge on any atom is -0.329 e. The highest BCUT2D eigenvalue weighted by Gasteiger charge is 2.26. The maximum atomic E-state index is 5.75. The van der Waals surface area contributed by atoms with Crippen molar-refractivity contribution in [3.8, 4) is 0 Å². The molecule has 13 heavy (non-hydrogen) atoms.